The van der Waals surface area contributed by atoms with E-state index in [2.05, 4.69) is 5.32 Å². The average Bonchev–Trinajstić information content (AvgIpc) is 3.05. The molecule has 7 heteroatoms. The molecule has 1 atom stereocenters. The fourth-order valence-electron chi connectivity index (χ4n) is 2.61. The lowest BCUT2D eigenvalue weighted by Crippen LogP contribution is -2.87. The van der Waals surface area contributed by atoms with Gasteiger partial charge >= 0.3 is 0 Å². The van der Waals surface area contributed by atoms with E-state index in [0.29, 0.717) is 28.9 Å². The highest BCUT2D eigenvalue weighted by Crippen LogP contribution is 2.32. The molecule has 0 saturated carbocycles. The standard InChI is InChI=1S/C18H18Cl2N2O3/c1-11(14-4-3-13(19)7-15(14)20)21-9-18(23)22-8-12-2-5-16-17(6-12)25-10-24-16/h2-7,11,21H,8-10H2,1H3,(H,22,23)/p+1/t11-/m1/s1. The highest BCUT2D eigenvalue weighted by Gasteiger charge is 2.16. The molecule has 5 nitrogen and oxygen atoms in total. The van der Waals surface area contributed by atoms with Crippen LogP contribution in [0.25, 0.3) is 0 Å². The van der Waals surface area contributed by atoms with E-state index in [4.69, 9.17) is 32.7 Å². The fraction of sp³-hybridized carbons (Fsp3) is 0.278. The maximum absolute atomic E-state index is 12.1. The van der Waals surface area contributed by atoms with E-state index in [1.54, 1.807) is 12.1 Å². The Morgan fingerprint density at radius 1 is 1.20 bits per heavy atom. The van der Waals surface area contributed by atoms with Gasteiger partial charge in [0.1, 0.15) is 6.04 Å². The minimum absolute atomic E-state index is 0.0467. The van der Waals surface area contributed by atoms with Gasteiger partial charge in [-0.3, -0.25) is 4.79 Å². The van der Waals surface area contributed by atoms with Crippen LogP contribution in [0, 0.1) is 0 Å². The Morgan fingerprint density at radius 3 is 2.80 bits per heavy atom. The summed E-state index contributed by atoms with van der Waals surface area (Å²) in [5, 5.41) is 6.04. The molecule has 0 radical (unpaired) electrons. The fourth-order valence-corrected chi connectivity index (χ4v) is 3.19. The van der Waals surface area contributed by atoms with Crippen LogP contribution in [0.3, 0.4) is 0 Å². The Hall–Kier alpha value is -1.95. The number of carbonyl (C=O) groups is 1. The van der Waals surface area contributed by atoms with Gasteiger partial charge in [0.25, 0.3) is 5.91 Å². The number of amides is 1. The maximum Gasteiger partial charge on any atom is 0.275 e. The number of quaternary nitrogens is 1. The third kappa shape index (κ3) is 4.57. The van der Waals surface area contributed by atoms with E-state index >= 15 is 0 Å². The molecule has 2 aromatic carbocycles. The van der Waals surface area contributed by atoms with Crippen LogP contribution in [-0.4, -0.2) is 19.2 Å². The number of nitrogens with two attached hydrogens (primary N) is 1. The molecular formula is C18H19Cl2N2O3+. The molecule has 0 saturated heterocycles. The summed E-state index contributed by atoms with van der Waals surface area (Å²) in [5.41, 5.74) is 1.92. The molecule has 0 bridgehead atoms. The topological polar surface area (TPSA) is 64.2 Å². The normalized spacial score (nSPS) is 13.6. The van der Waals surface area contributed by atoms with Crippen LogP contribution in [0.4, 0.5) is 0 Å². The Morgan fingerprint density at radius 2 is 2.00 bits per heavy atom. The zero-order valence-electron chi connectivity index (χ0n) is 13.7. The van der Waals surface area contributed by atoms with Gasteiger partial charge in [0, 0.05) is 17.1 Å². The van der Waals surface area contributed by atoms with Gasteiger partial charge < -0.3 is 20.1 Å². The molecule has 0 unspecified atom stereocenters. The number of benzene rings is 2. The molecule has 3 N–H and O–H groups in total. The first-order valence-electron chi connectivity index (χ1n) is 7.96. The van der Waals surface area contributed by atoms with Crippen molar-refractivity contribution in [2.24, 2.45) is 0 Å². The SMILES string of the molecule is C[C@@H]([NH2+]CC(=O)NCc1ccc2c(c1)OCO2)c1ccc(Cl)cc1Cl. The van der Waals surface area contributed by atoms with Crippen LogP contribution in [0.5, 0.6) is 11.5 Å². The molecular weight excluding hydrogens is 363 g/mol. The average molecular weight is 382 g/mol. The highest BCUT2D eigenvalue weighted by atomic mass is 35.5. The highest BCUT2D eigenvalue weighted by molar-refractivity contribution is 6.35. The first-order valence-corrected chi connectivity index (χ1v) is 8.72. The summed E-state index contributed by atoms with van der Waals surface area (Å²) in [4.78, 5) is 12.1. The van der Waals surface area contributed by atoms with E-state index in [1.165, 1.54) is 0 Å². The maximum atomic E-state index is 12.1. The lowest BCUT2D eigenvalue weighted by atomic mass is 10.1. The lowest BCUT2D eigenvalue weighted by Gasteiger charge is -2.13. The van der Waals surface area contributed by atoms with Crippen LogP contribution < -0.4 is 20.1 Å². The summed E-state index contributed by atoms with van der Waals surface area (Å²) in [6, 6.07) is 11.1. The molecule has 0 fully saturated rings. The Balaban J connectivity index is 1.48. The molecule has 1 aliphatic rings. The number of halogens is 2. The predicted molar refractivity (Wildman–Crippen MR) is 96.1 cm³/mol. The van der Waals surface area contributed by atoms with Gasteiger partial charge in [-0.1, -0.05) is 35.3 Å². The van der Waals surface area contributed by atoms with Crippen molar-refractivity contribution in [1.29, 1.82) is 0 Å². The number of hydrogen-bond donors (Lipinski definition) is 2. The van der Waals surface area contributed by atoms with Crippen molar-refractivity contribution in [3.05, 3.63) is 57.6 Å². The van der Waals surface area contributed by atoms with Crippen molar-refractivity contribution in [2.75, 3.05) is 13.3 Å². The van der Waals surface area contributed by atoms with Crippen molar-refractivity contribution in [1.82, 2.24) is 5.32 Å². The van der Waals surface area contributed by atoms with Gasteiger partial charge in [-0.05, 0) is 36.8 Å². The van der Waals surface area contributed by atoms with Crippen molar-refractivity contribution in [3.63, 3.8) is 0 Å². The van der Waals surface area contributed by atoms with E-state index in [1.807, 2.05) is 36.5 Å². The molecule has 132 valence electrons. The molecule has 0 spiro atoms. The number of rotatable bonds is 6. The second-order valence-electron chi connectivity index (χ2n) is 5.86. The third-order valence-electron chi connectivity index (χ3n) is 4.04. The van der Waals surface area contributed by atoms with Crippen LogP contribution in [0.15, 0.2) is 36.4 Å². The van der Waals surface area contributed by atoms with Gasteiger partial charge in [-0.15, -0.1) is 0 Å². The van der Waals surface area contributed by atoms with Crippen molar-refractivity contribution in [3.8, 4) is 11.5 Å². The van der Waals surface area contributed by atoms with E-state index in [-0.39, 0.29) is 18.7 Å². The zero-order chi connectivity index (χ0) is 17.8. The second-order valence-corrected chi connectivity index (χ2v) is 6.70. The smallest absolute Gasteiger partial charge is 0.275 e. The number of ether oxygens (including phenoxy) is 2. The predicted octanol–water partition coefficient (Wildman–Crippen LogP) is 2.66. The second kappa shape index (κ2) is 7.95. The molecule has 1 amide bonds. The summed E-state index contributed by atoms with van der Waals surface area (Å²) in [5.74, 6) is 1.40. The summed E-state index contributed by atoms with van der Waals surface area (Å²) in [7, 11) is 0. The lowest BCUT2D eigenvalue weighted by molar-refractivity contribution is -0.682. The van der Waals surface area contributed by atoms with Gasteiger partial charge in [-0.25, -0.2) is 0 Å². The van der Waals surface area contributed by atoms with E-state index in [9.17, 15) is 4.79 Å². The van der Waals surface area contributed by atoms with Crippen LogP contribution >= 0.6 is 23.2 Å². The molecule has 3 rings (SSSR count). The van der Waals surface area contributed by atoms with E-state index in [0.717, 1.165) is 16.9 Å². The molecule has 1 aliphatic heterocycles. The molecule has 1 heterocycles. The van der Waals surface area contributed by atoms with Gasteiger partial charge in [0.2, 0.25) is 6.79 Å². The first-order chi connectivity index (χ1) is 12.0. The van der Waals surface area contributed by atoms with Crippen molar-refractivity contribution >= 4 is 29.1 Å². The quantitative estimate of drug-likeness (QED) is 0.808. The summed E-state index contributed by atoms with van der Waals surface area (Å²) < 4.78 is 10.6. The number of nitrogens with one attached hydrogen (secondary N) is 1. The Bertz CT molecular complexity index is 783. The van der Waals surface area contributed by atoms with Crippen LogP contribution in [0.2, 0.25) is 10.0 Å². The van der Waals surface area contributed by atoms with Crippen LogP contribution in [-0.2, 0) is 11.3 Å². The van der Waals surface area contributed by atoms with Gasteiger partial charge in [-0.2, -0.15) is 0 Å². The van der Waals surface area contributed by atoms with Gasteiger partial charge in [0.15, 0.2) is 18.0 Å². The Labute approximate surface area is 156 Å². The monoisotopic (exact) mass is 381 g/mol. The summed E-state index contributed by atoms with van der Waals surface area (Å²) >= 11 is 12.1. The molecule has 0 aromatic heterocycles. The van der Waals surface area contributed by atoms with Crippen molar-refractivity contribution < 1.29 is 19.6 Å². The summed E-state index contributed by atoms with van der Waals surface area (Å²) in [6.07, 6.45) is 0. The number of hydrogen-bond acceptors (Lipinski definition) is 3. The van der Waals surface area contributed by atoms with Crippen LogP contribution in [0.1, 0.15) is 24.1 Å². The minimum Gasteiger partial charge on any atom is -0.454 e. The molecule has 2 aromatic rings. The Kier molecular flexibility index (Phi) is 5.68. The zero-order valence-corrected chi connectivity index (χ0v) is 15.2. The molecule has 0 aliphatic carbocycles. The largest absolute Gasteiger partial charge is 0.454 e. The van der Waals surface area contributed by atoms with Crippen molar-refractivity contribution in [2.45, 2.75) is 19.5 Å². The van der Waals surface area contributed by atoms with E-state index < -0.39 is 0 Å². The van der Waals surface area contributed by atoms with Gasteiger partial charge in [0.05, 0.1) is 5.02 Å². The number of carbonyl (C=O) groups excluding carboxylic acids is 1. The third-order valence-corrected chi connectivity index (χ3v) is 4.60. The number of fused-ring (bicyclic) bond motifs is 1. The first kappa shape index (κ1) is 17.9. The minimum atomic E-state index is -0.0467. The molecule has 25 heavy (non-hydrogen) atoms. The summed E-state index contributed by atoms with van der Waals surface area (Å²) in [6.45, 7) is 3.00.